The lowest BCUT2D eigenvalue weighted by Crippen LogP contribution is -2.40. The minimum absolute atomic E-state index is 0.500. The first-order valence-corrected chi connectivity index (χ1v) is 6.59. The van der Waals surface area contributed by atoms with Crippen LogP contribution in [0.5, 0.6) is 0 Å². The van der Waals surface area contributed by atoms with Crippen LogP contribution in [0.4, 0.5) is 0 Å². The molecule has 0 radical (unpaired) electrons. The Hall–Kier alpha value is -0.120. The summed E-state index contributed by atoms with van der Waals surface area (Å²) in [6.45, 7) is 7.21. The molecular weight excluding hydrogens is 202 g/mol. The number of rotatable bonds is 7. The van der Waals surface area contributed by atoms with Crippen LogP contribution in [0, 0.1) is 5.92 Å². The molecule has 1 N–H and O–H groups in total. The van der Waals surface area contributed by atoms with Crippen LogP contribution in [0.15, 0.2) is 0 Å². The average Bonchev–Trinajstić information content (AvgIpc) is 2.29. The topological polar surface area (TPSA) is 30.5 Å². The Kier molecular flexibility index (Phi) is 7.01. The number of hydrogen-bond acceptors (Lipinski definition) is 3. The minimum atomic E-state index is 0.500. The van der Waals surface area contributed by atoms with Crippen LogP contribution in [0.2, 0.25) is 0 Å². The Morgan fingerprint density at radius 2 is 2.06 bits per heavy atom. The lowest BCUT2D eigenvalue weighted by atomic mass is 9.93. The van der Waals surface area contributed by atoms with Gasteiger partial charge < -0.3 is 14.8 Å². The highest BCUT2D eigenvalue weighted by Gasteiger charge is 2.18. The molecule has 1 heterocycles. The molecule has 0 aromatic heterocycles. The van der Waals surface area contributed by atoms with Gasteiger partial charge in [-0.2, -0.15) is 0 Å². The third-order valence-electron chi connectivity index (χ3n) is 3.41. The van der Waals surface area contributed by atoms with Crippen molar-refractivity contribution in [3.8, 4) is 0 Å². The fourth-order valence-corrected chi connectivity index (χ4v) is 2.44. The summed E-state index contributed by atoms with van der Waals surface area (Å²) < 4.78 is 10.6. The SMILES string of the molecule is CCC(COC)NC(C)CC1CCOCC1. The highest BCUT2D eigenvalue weighted by Crippen LogP contribution is 2.20. The molecule has 16 heavy (non-hydrogen) atoms. The fraction of sp³-hybridized carbons (Fsp3) is 1.00. The van der Waals surface area contributed by atoms with Crippen LogP contribution < -0.4 is 5.32 Å². The van der Waals surface area contributed by atoms with Crippen LogP contribution in [-0.2, 0) is 9.47 Å². The summed E-state index contributed by atoms with van der Waals surface area (Å²) in [7, 11) is 1.77. The van der Waals surface area contributed by atoms with Gasteiger partial charge >= 0.3 is 0 Å². The standard InChI is InChI=1S/C13H27NO2/c1-4-13(10-15-3)14-11(2)9-12-5-7-16-8-6-12/h11-14H,4-10H2,1-3H3. The van der Waals surface area contributed by atoms with Crippen molar-refractivity contribution in [2.45, 2.75) is 51.6 Å². The van der Waals surface area contributed by atoms with Crippen LogP contribution >= 0.6 is 0 Å². The van der Waals surface area contributed by atoms with Crippen molar-refractivity contribution in [1.29, 1.82) is 0 Å². The first-order chi connectivity index (χ1) is 7.76. The molecule has 96 valence electrons. The Bertz CT molecular complexity index is 163. The molecule has 0 amide bonds. The molecule has 0 aliphatic carbocycles. The number of methoxy groups -OCH3 is 1. The quantitative estimate of drug-likeness (QED) is 0.726. The van der Waals surface area contributed by atoms with Gasteiger partial charge in [0.2, 0.25) is 0 Å². The first kappa shape index (κ1) is 13.9. The van der Waals surface area contributed by atoms with E-state index in [1.807, 2.05) is 0 Å². The second-order valence-corrected chi connectivity index (χ2v) is 4.92. The molecule has 0 aromatic carbocycles. The summed E-state index contributed by atoms with van der Waals surface area (Å²) >= 11 is 0. The molecule has 1 aliphatic rings. The molecule has 2 atom stereocenters. The second-order valence-electron chi connectivity index (χ2n) is 4.92. The van der Waals surface area contributed by atoms with E-state index in [-0.39, 0.29) is 0 Å². The summed E-state index contributed by atoms with van der Waals surface area (Å²) in [5.41, 5.74) is 0. The second kappa shape index (κ2) is 8.04. The molecule has 1 fully saturated rings. The first-order valence-electron chi connectivity index (χ1n) is 6.59. The Morgan fingerprint density at radius 1 is 1.38 bits per heavy atom. The van der Waals surface area contributed by atoms with Crippen molar-refractivity contribution in [1.82, 2.24) is 5.32 Å². The van der Waals surface area contributed by atoms with Gasteiger partial charge in [0.1, 0.15) is 0 Å². The van der Waals surface area contributed by atoms with Gasteiger partial charge in [-0.15, -0.1) is 0 Å². The third-order valence-corrected chi connectivity index (χ3v) is 3.41. The molecule has 3 heteroatoms. The summed E-state index contributed by atoms with van der Waals surface area (Å²) in [6, 6.07) is 1.09. The largest absolute Gasteiger partial charge is 0.383 e. The van der Waals surface area contributed by atoms with Gasteiger partial charge in [0, 0.05) is 32.4 Å². The van der Waals surface area contributed by atoms with Gasteiger partial charge in [-0.3, -0.25) is 0 Å². The third kappa shape index (κ3) is 5.28. The summed E-state index contributed by atoms with van der Waals surface area (Å²) in [5.74, 6) is 0.844. The molecule has 0 aromatic rings. The zero-order chi connectivity index (χ0) is 11.8. The molecule has 0 bridgehead atoms. The van der Waals surface area contributed by atoms with E-state index >= 15 is 0 Å². The van der Waals surface area contributed by atoms with Crippen molar-refractivity contribution in [3.63, 3.8) is 0 Å². The maximum absolute atomic E-state index is 5.38. The van der Waals surface area contributed by atoms with E-state index in [4.69, 9.17) is 9.47 Å². The molecular formula is C13H27NO2. The van der Waals surface area contributed by atoms with Crippen molar-refractivity contribution in [2.75, 3.05) is 26.9 Å². The summed E-state index contributed by atoms with van der Waals surface area (Å²) in [5, 5.41) is 3.65. The Morgan fingerprint density at radius 3 is 2.62 bits per heavy atom. The lowest BCUT2D eigenvalue weighted by molar-refractivity contribution is 0.0598. The van der Waals surface area contributed by atoms with Gasteiger partial charge in [0.15, 0.2) is 0 Å². The van der Waals surface area contributed by atoms with Crippen molar-refractivity contribution in [2.24, 2.45) is 5.92 Å². The predicted molar refractivity (Wildman–Crippen MR) is 66.7 cm³/mol. The van der Waals surface area contributed by atoms with E-state index < -0.39 is 0 Å². The highest BCUT2D eigenvalue weighted by molar-refractivity contribution is 4.74. The van der Waals surface area contributed by atoms with Gasteiger partial charge in [-0.05, 0) is 38.5 Å². The Balaban J connectivity index is 2.19. The van der Waals surface area contributed by atoms with Gasteiger partial charge in [0.25, 0.3) is 0 Å². The molecule has 0 spiro atoms. The van der Waals surface area contributed by atoms with E-state index in [9.17, 15) is 0 Å². The highest BCUT2D eigenvalue weighted by atomic mass is 16.5. The predicted octanol–water partition coefficient (Wildman–Crippen LogP) is 2.21. The molecule has 2 unspecified atom stereocenters. The van der Waals surface area contributed by atoms with Gasteiger partial charge in [-0.25, -0.2) is 0 Å². The zero-order valence-electron chi connectivity index (χ0n) is 11.0. The van der Waals surface area contributed by atoms with Crippen molar-refractivity contribution >= 4 is 0 Å². The van der Waals surface area contributed by atoms with Crippen LogP contribution in [-0.4, -0.2) is 39.0 Å². The van der Waals surface area contributed by atoms with Crippen LogP contribution in [0.3, 0.4) is 0 Å². The molecule has 1 saturated heterocycles. The van der Waals surface area contributed by atoms with Gasteiger partial charge in [-0.1, -0.05) is 6.92 Å². The van der Waals surface area contributed by atoms with E-state index in [0.29, 0.717) is 12.1 Å². The molecule has 1 rings (SSSR count). The molecule has 1 aliphatic heterocycles. The van der Waals surface area contributed by atoms with E-state index in [1.165, 1.54) is 19.3 Å². The average molecular weight is 229 g/mol. The number of nitrogens with one attached hydrogen (secondary N) is 1. The Labute approximate surface area is 99.9 Å². The molecule has 0 saturated carbocycles. The van der Waals surface area contributed by atoms with Crippen molar-refractivity contribution in [3.05, 3.63) is 0 Å². The zero-order valence-corrected chi connectivity index (χ0v) is 11.0. The molecule has 3 nitrogen and oxygen atoms in total. The van der Waals surface area contributed by atoms with E-state index in [1.54, 1.807) is 7.11 Å². The fourth-order valence-electron chi connectivity index (χ4n) is 2.44. The smallest absolute Gasteiger partial charge is 0.0615 e. The van der Waals surface area contributed by atoms with E-state index in [0.717, 1.165) is 32.2 Å². The monoisotopic (exact) mass is 229 g/mol. The maximum Gasteiger partial charge on any atom is 0.0615 e. The normalized spacial score (nSPS) is 21.9. The summed E-state index contributed by atoms with van der Waals surface area (Å²) in [4.78, 5) is 0. The van der Waals surface area contributed by atoms with E-state index in [2.05, 4.69) is 19.2 Å². The van der Waals surface area contributed by atoms with Crippen LogP contribution in [0.25, 0.3) is 0 Å². The maximum atomic E-state index is 5.38. The lowest BCUT2D eigenvalue weighted by Gasteiger charge is -2.27. The van der Waals surface area contributed by atoms with Crippen molar-refractivity contribution < 1.29 is 9.47 Å². The summed E-state index contributed by atoms with van der Waals surface area (Å²) in [6.07, 6.45) is 4.86. The minimum Gasteiger partial charge on any atom is -0.383 e. The number of hydrogen-bond donors (Lipinski definition) is 1. The van der Waals surface area contributed by atoms with Gasteiger partial charge in [0.05, 0.1) is 6.61 Å². The van der Waals surface area contributed by atoms with Crippen LogP contribution in [0.1, 0.15) is 39.5 Å². The number of ether oxygens (including phenoxy) is 2.